The number of carboxylic acid groups (broad SMARTS) is 1. The van der Waals surface area contributed by atoms with Crippen molar-refractivity contribution >= 4 is 40.9 Å². The van der Waals surface area contributed by atoms with E-state index in [9.17, 15) is 19.5 Å². The molecule has 1 fully saturated rings. The minimum Gasteiger partial charge on any atom is -0.479 e. The molecule has 2 rings (SSSR count). The van der Waals surface area contributed by atoms with E-state index in [1.807, 2.05) is 0 Å². The molecule has 1 aliphatic heterocycles. The van der Waals surface area contributed by atoms with Crippen molar-refractivity contribution in [2.45, 2.75) is 25.4 Å². The highest BCUT2D eigenvalue weighted by atomic mass is 35.5. The third-order valence-electron chi connectivity index (χ3n) is 3.64. The van der Waals surface area contributed by atoms with Crippen molar-refractivity contribution in [1.29, 1.82) is 0 Å². The minimum atomic E-state index is -2.08. The van der Waals surface area contributed by atoms with Gasteiger partial charge in [0.15, 0.2) is 5.60 Å². The van der Waals surface area contributed by atoms with E-state index in [2.05, 4.69) is 10.6 Å². The summed E-state index contributed by atoms with van der Waals surface area (Å²) in [5.41, 5.74) is -1.18. The first-order valence-electron chi connectivity index (χ1n) is 7.31. The Bertz CT molecular complexity index is 677. The smallest absolute Gasteiger partial charge is 0.337 e. The molecule has 1 unspecified atom stereocenters. The number of hydrogen-bond donors (Lipinski definition) is 4. The van der Waals surface area contributed by atoms with Crippen LogP contribution in [0.5, 0.6) is 0 Å². The summed E-state index contributed by atoms with van der Waals surface area (Å²) in [4.78, 5) is 36.0. The second-order valence-corrected chi connectivity index (χ2v) is 6.11. The lowest BCUT2D eigenvalue weighted by atomic mass is 10.1. The molecule has 1 aliphatic rings. The minimum absolute atomic E-state index is 0.00484. The number of anilines is 2. The Hall–Kier alpha value is -2.32. The largest absolute Gasteiger partial charge is 0.479 e. The van der Waals surface area contributed by atoms with E-state index < -0.39 is 24.1 Å². The Labute approximate surface area is 143 Å². The zero-order valence-corrected chi connectivity index (χ0v) is 13.8. The van der Waals surface area contributed by atoms with Gasteiger partial charge in [-0.25, -0.2) is 9.59 Å². The molecule has 0 spiro atoms. The van der Waals surface area contributed by atoms with Gasteiger partial charge >= 0.3 is 12.0 Å². The highest BCUT2D eigenvalue weighted by Gasteiger charge is 2.30. The lowest BCUT2D eigenvalue weighted by Gasteiger charge is -2.20. The molecular weight excluding hydrogens is 338 g/mol. The van der Waals surface area contributed by atoms with E-state index in [4.69, 9.17) is 16.7 Å². The molecule has 0 aromatic heterocycles. The molecular formula is C15H18ClN3O5. The van der Waals surface area contributed by atoms with Gasteiger partial charge in [-0.1, -0.05) is 11.6 Å². The standard InChI is InChI=1S/C15H18ClN3O5/c1-15(24,13(21)22)8-17-14(23)18-11-7-9(4-5-10(11)16)19-6-2-3-12(19)20/h4-5,7,24H,2-3,6,8H2,1H3,(H,21,22)(H2,17,18,23). The van der Waals surface area contributed by atoms with Crippen LogP contribution in [0.3, 0.4) is 0 Å². The van der Waals surface area contributed by atoms with Crippen LogP contribution in [0.4, 0.5) is 16.2 Å². The van der Waals surface area contributed by atoms with E-state index in [0.29, 0.717) is 18.7 Å². The van der Waals surface area contributed by atoms with Crippen molar-refractivity contribution in [2.75, 3.05) is 23.3 Å². The van der Waals surface area contributed by atoms with Crippen LogP contribution in [0.25, 0.3) is 0 Å². The third-order valence-corrected chi connectivity index (χ3v) is 3.97. The molecule has 1 atom stereocenters. The molecule has 1 aromatic carbocycles. The quantitative estimate of drug-likeness (QED) is 0.637. The fourth-order valence-electron chi connectivity index (χ4n) is 2.19. The van der Waals surface area contributed by atoms with E-state index in [-0.39, 0.29) is 16.6 Å². The van der Waals surface area contributed by atoms with Crippen molar-refractivity contribution in [3.8, 4) is 0 Å². The van der Waals surface area contributed by atoms with Crippen LogP contribution in [0.15, 0.2) is 18.2 Å². The maximum Gasteiger partial charge on any atom is 0.337 e. The van der Waals surface area contributed by atoms with Gasteiger partial charge in [-0.05, 0) is 31.5 Å². The van der Waals surface area contributed by atoms with Gasteiger partial charge in [0.05, 0.1) is 17.3 Å². The highest BCUT2D eigenvalue weighted by Crippen LogP contribution is 2.29. The number of rotatable bonds is 5. The van der Waals surface area contributed by atoms with Crippen molar-refractivity contribution in [3.63, 3.8) is 0 Å². The first-order valence-corrected chi connectivity index (χ1v) is 7.69. The van der Waals surface area contributed by atoms with Crippen LogP contribution in [0, 0.1) is 0 Å². The van der Waals surface area contributed by atoms with E-state index in [0.717, 1.165) is 13.3 Å². The molecule has 1 aromatic rings. The summed E-state index contributed by atoms with van der Waals surface area (Å²) in [6, 6.07) is 4.10. The summed E-state index contributed by atoms with van der Waals surface area (Å²) in [7, 11) is 0. The highest BCUT2D eigenvalue weighted by molar-refractivity contribution is 6.33. The number of carbonyl (C=O) groups is 3. The first-order chi connectivity index (χ1) is 11.2. The van der Waals surface area contributed by atoms with Gasteiger partial charge in [0.25, 0.3) is 0 Å². The summed E-state index contributed by atoms with van der Waals surface area (Å²) < 4.78 is 0. The zero-order chi connectivity index (χ0) is 17.9. The third kappa shape index (κ3) is 4.15. The Kier molecular flexibility index (Phi) is 5.30. The van der Waals surface area contributed by atoms with Gasteiger partial charge in [-0.15, -0.1) is 0 Å². The first kappa shape index (κ1) is 18.0. The van der Waals surface area contributed by atoms with Gasteiger partial charge in [-0.3, -0.25) is 4.79 Å². The number of carboxylic acids is 1. The molecule has 0 bridgehead atoms. The SMILES string of the molecule is CC(O)(CNC(=O)Nc1cc(N2CCCC2=O)ccc1Cl)C(=O)O. The fraction of sp³-hybridized carbons (Fsp3) is 0.400. The van der Waals surface area contributed by atoms with Gasteiger partial charge in [0, 0.05) is 18.7 Å². The fourth-order valence-corrected chi connectivity index (χ4v) is 2.36. The molecule has 4 N–H and O–H groups in total. The Balaban J connectivity index is 2.05. The summed E-state index contributed by atoms with van der Waals surface area (Å²) in [6.45, 7) is 1.20. The number of hydrogen-bond acceptors (Lipinski definition) is 4. The molecule has 0 aliphatic carbocycles. The molecule has 1 saturated heterocycles. The molecule has 0 radical (unpaired) electrons. The van der Waals surface area contributed by atoms with Crippen LogP contribution in [0.2, 0.25) is 5.02 Å². The molecule has 130 valence electrons. The second kappa shape index (κ2) is 7.06. The second-order valence-electron chi connectivity index (χ2n) is 5.70. The van der Waals surface area contributed by atoms with Crippen molar-refractivity contribution in [1.82, 2.24) is 5.32 Å². The number of benzene rings is 1. The summed E-state index contributed by atoms with van der Waals surface area (Å²) in [5, 5.41) is 23.4. The van der Waals surface area contributed by atoms with E-state index in [1.54, 1.807) is 23.1 Å². The normalized spacial score (nSPS) is 16.6. The average molecular weight is 356 g/mol. The van der Waals surface area contributed by atoms with Gasteiger partial charge in [-0.2, -0.15) is 0 Å². The maximum atomic E-state index is 11.9. The number of halogens is 1. The Morgan fingerprint density at radius 3 is 2.71 bits per heavy atom. The van der Waals surface area contributed by atoms with Gasteiger partial charge < -0.3 is 25.7 Å². The number of urea groups is 1. The molecule has 8 nitrogen and oxygen atoms in total. The molecule has 3 amide bonds. The van der Waals surface area contributed by atoms with Crippen molar-refractivity contribution in [2.24, 2.45) is 0 Å². The number of amides is 3. The lowest BCUT2D eigenvalue weighted by molar-refractivity contribution is -0.155. The van der Waals surface area contributed by atoms with Crippen molar-refractivity contribution in [3.05, 3.63) is 23.2 Å². The van der Waals surface area contributed by atoms with Crippen LogP contribution >= 0.6 is 11.6 Å². The van der Waals surface area contributed by atoms with Gasteiger partial charge in [0.1, 0.15) is 0 Å². The number of nitrogens with zero attached hydrogens (tertiary/aromatic N) is 1. The Morgan fingerprint density at radius 1 is 1.42 bits per heavy atom. The molecule has 24 heavy (non-hydrogen) atoms. The number of carbonyl (C=O) groups excluding carboxylic acids is 2. The number of nitrogens with one attached hydrogen (secondary N) is 2. The van der Waals surface area contributed by atoms with E-state index >= 15 is 0 Å². The molecule has 9 heteroatoms. The van der Waals surface area contributed by atoms with Crippen LogP contribution in [-0.2, 0) is 9.59 Å². The van der Waals surface area contributed by atoms with Crippen molar-refractivity contribution < 1.29 is 24.6 Å². The summed E-state index contributed by atoms with van der Waals surface area (Å²) in [6.07, 6.45) is 1.26. The average Bonchev–Trinajstić information content (AvgIpc) is 2.93. The number of aliphatic hydroxyl groups is 1. The maximum absolute atomic E-state index is 11.9. The monoisotopic (exact) mass is 355 g/mol. The van der Waals surface area contributed by atoms with Gasteiger partial charge in [0.2, 0.25) is 5.91 Å². The summed E-state index contributed by atoms with van der Waals surface area (Å²) >= 11 is 6.03. The van der Waals surface area contributed by atoms with Crippen LogP contribution < -0.4 is 15.5 Å². The number of aliphatic carboxylic acids is 1. The van der Waals surface area contributed by atoms with Crippen LogP contribution in [-0.4, -0.2) is 46.8 Å². The predicted octanol–water partition coefficient (Wildman–Crippen LogP) is 1.42. The Morgan fingerprint density at radius 2 is 2.12 bits per heavy atom. The van der Waals surface area contributed by atoms with Crippen LogP contribution in [0.1, 0.15) is 19.8 Å². The topological polar surface area (TPSA) is 119 Å². The lowest BCUT2D eigenvalue weighted by Crippen LogP contribution is -2.47. The molecule has 0 saturated carbocycles. The molecule has 1 heterocycles. The summed E-state index contributed by atoms with van der Waals surface area (Å²) in [5.74, 6) is -1.44. The predicted molar refractivity (Wildman–Crippen MR) is 88.3 cm³/mol. The zero-order valence-electron chi connectivity index (χ0n) is 13.0. The van der Waals surface area contributed by atoms with E-state index in [1.165, 1.54) is 0 Å².